The Balaban J connectivity index is 2.67. The second-order valence-corrected chi connectivity index (χ2v) is 1.35. The molecule has 0 saturated heterocycles. The summed E-state index contributed by atoms with van der Waals surface area (Å²) in [6.45, 7) is 0. The van der Waals surface area contributed by atoms with Gasteiger partial charge in [0.05, 0.1) is 0 Å². The van der Waals surface area contributed by atoms with Gasteiger partial charge in [0.15, 0.2) is 0 Å². The molecule has 46 valence electrons. The Labute approximate surface area is 51.8 Å². The first-order chi connectivity index (χ1) is 4.43. The molecule has 0 N–H and O–H groups in total. The van der Waals surface area contributed by atoms with Gasteiger partial charge < -0.3 is 0 Å². The van der Waals surface area contributed by atoms with E-state index in [4.69, 9.17) is 0 Å². The minimum absolute atomic E-state index is 0.682. The van der Waals surface area contributed by atoms with Crippen molar-refractivity contribution >= 4 is 12.5 Å². The Hall–Kier alpha value is -1.45. The minimum atomic E-state index is 0.682. The maximum absolute atomic E-state index is 9.75. The van der Waals surface area contributed by atoms with E-state index in [1.54, 1.807) is 0 Å². The summed E-state index contributed by atoms with van der Waals surface area (Å²) >= 11 is 0. The first-order valence-electron chi connectivity index (χ1n) is 2.39. The monoisotopic (exact) mass is 123 g/mol. The summed E-state index contributed by atoms with van der Waals surface area (Å²) in [4.78, 5) is 13.4. The molecule has 0 fully saturated rings. The molecule has 0 aliphatic carbocycles. The molecule has 0 saturated carbocycles. The summed E-state index contributed by atoms with van der Waals surface area (Å²) in [5.74, 6) is 0. The molecule has 1 rings (SSSR count). The maximum atomic E-state index is 9.75. The van der Waals surface area contributed by atoms with Crippen molar-refractivity contribution in [3.8, 4) is 0 Å². The highest BCUT2D eigenvalue weighted by Crippen LogP contribution is 1.78. The topological polar surface area (TPSA) is 47.8 Å². The fraction of sp³-hybridized carbons (Fsp3) is 0. The fourth-order valence-corrected chi connectivity index (χ4v) is 0.418. The lowest BCUT2D eigenvalue weighted by Gasteiger charge is -1.81. The van der Waals surface area contributed by atoms with Crippen LogP contribution in [-0.4, -0.2) is 21.1 Å². The molecule has 1 aromatic rings. The number of nitrogens with zero attached hydrogens (tertiary/aromatic N) is 3. The van der Waals surface area contributed by atoms with E-state index in [1.807, 2.05) is 0 Å². The summed E-state index contributed by atoms with van der Waals surface area (Å²) in [6.07, 6.45) is 6.44. The second-order valence-electron chi connectivity index (χ2n) is 1.35. The van der Waals surface area contributed by atoms with Gasteiger partial charge in [-0.15, -0.1) is 0 Å². The van der Waals surface area contributed by atoms with E-state index in [0.717, 1.165) is 0 Å². The number of carbonyl (C=O) groups excluding carboxylic acids is 1. The summed E-state index contributed by atoms with van der Waals surface area (Å²) in [5.41, 5.74) is 0. The van der Waals surface area contributed by atoms with Crippen molar-refractivity contribution in [1.29, 1.82) is 0 Å². The number of hydrogen-bond donors (Lipinski definition) is 0. The predicted octanol–water partition coefficient (Wildman–Crippen LogP) is -0.0523. The molecule has 4 heteroatoms. The third-order valence-corrected chi connectivity index (χ3v) is 0.754. The molecule has 0 radical (unpaired) electrons. The number of rotatable bonds is 2. The summed E-state index contributed by atoms with van der Waals surface area (Å²) in [5, 5.41) is 3.71. The van der Waals surface area contributed by atoms with E-state index in [0.29, 0.717) is 6.29 Å². The van der Waals surface area contributed by atoms with Gasteiger partial charge >= 0.3 is 0 Å². The Morgan fingerprint density at radius 3 is 3.00 bits per heavy atom. The SMILES string of the molecule is O=C/C=C/n1cncn1. The Morgan fingerprint density at radius 2 is 2.44 bits per heavy atom. The third kappa shape index (κ3) is 1.49. The van der Waals surface area contributed by atoms with E-state index in [-0.39, 0.29) is 0 Å². The van der Waals surface area contributed by atoms with Crippen LogP contribution in [-0.2, 0) is 4.79 Å². The Morgan fingerprint density at radius 1 is 1.56 bits per heavy atom. The largest absolute Gasteiger partial charge is 0.299 e. The molecule has 0 aromatic carbocycles. The molecule has 1 aromatic heterocycles. The molecular weight excluding hydrogens is 118 g/mol. The number of allylic oxidation sites excluding steroid dienone is 1. The van der Waals surface area contributed by atoms with Crippen LogP contribution in [0.1, 0.15) is 0 Å². The van der Waals surface area contributed by atoms with Crippen LogP contribution >= 0.6 is 0 Å². The van der Waals surface area contributed by atoms with Crippen molar-refractivity contribution < 1.29 is 4.79 Å². The number of aromatic nitrogens is 3. The highest BCUT2D eigenvalue weighted by Gasteiger charge is 1.77. The molecule has 0 atom stereocenters. The van der Waals surface area contributed by atoms with Crippen molar-refractivity contribution in [3.63, 3.8) is 0 Å². The smallest absolute Gasteiger partial charge is 0.144 e. The lowest BCUT2D eigenvalue weighted by atomic mass is 10.7. The molecule has 9 heavy (non-hydrogen) atoms. The summed E-state index contributed by atoms with van der Waals surface area (Å²) in [6, 6.07) is 0. The van der Waals surface area contributed by atoms with Gasteiger partial charge in [0.25, 0.3) is 0 Å². The van der Waals surface area contributed by atoms with E-state index in [9.17, 15) is 4.79 Å². The molecule has 0 spiro atoms. The van der Waals surface area contributed by atoms with E-state index in [1.165, 1.54) is 29.6 Å². The number of aldehydes is 1. The third-order valence-electron chi connectivity index (χ3n) is 0.754. The normalized spacial score (nSPS) is 10.2. The van der Waals surface area contributed by atoms with Crippen LogP contribution in [0.2, 0.25) is 0 Å². The van der Waals surface area contributed by atoms with Crippen molar-refractivity contribution in [1.82, 2.24) is 14.8 Å². The van der Waals surface area contributed by atoms with E-state index in [2.05, 4.69) is 10.1 Å². The molecule has 1 heterocycles. The number of hydrogen-bond acceptors (Lipinski definition) is 3. The Kier molecular flexibility index (Phi) is 1.74. The lowest BCUT2D eigenvalue weighted by Crippen LogP contribution is -1.83. The highest BCUT2D eigenvalue weighted by molar-refractivity contribution is 5.69. The average Bonchev–Trinajstić information content (AvgIpc) is 2.34. The molecular formula is C5H5N3O. The zero-order chi connectivity index (χ0) is 6.53. The maximum Gasteiger partial charge on any atom is 0.144 e. The molecule has 0 amide bonds. The second kappa shape index (κ2) is 2.76. The molecule has 0 aliphatic heterocycles. The summed E-state index contributed by atoms with van der Waals surface area (Å²) in [7, 11) is 0. The predicted molar refractivity (Wildman–Crippen MR) is 31.4 cm³/mol. The summed E-state index contributed by atoms with van der Waals surface area (Å²) < 4.78 is 1.44. The van der Waals surface area contributed by atoms with Crippen LogP contribution in [0, 0.1) is 0 Å². The van der Waals surface area contributed by atoms with Crippen molar-refractivity contribution in [2.45, 2.75) is 0 Å². The molecule has 4 nitrogen and oxygen atoms in total. The van der Waals surface area contributed by atoms with Crippen LogP contribution in [0.4, 0.5) is 0 Å². The first-order valence-corrected chi connectivity index (χ1v) is 2.39. The fourth-order valence-electron chi connectivity index (χ4n) is 0.418. The average molecular weight is 123 g/mol. The van der Waals surface area contributed by atoms with Gasteiger partial charge in [0, 0.05) is 6.20 Å². The van der Waals surface area contributed by atoms with Gasteiger partial charge in [-0.05, 0) is 6.08 Å². The zero-order valence-corrected chi connectivity index (χ0v) is 4.64. The highest BCUT2D eigenvalue weighted by atomic mass is 16.1. The zero-order valence-electron chi connectivity index (χ0n) is 4.64. The van der Waals surface area contributed by atoms with Gasteiger partial charge in [0.2, 0.25) is 0 Å². The van der Waals surface area contributed by atoms with E-state index >= 15 is 0 Å². The first kappa shape index (κ1) is 5.68. The number of carbonyl (C=O) groups is 1. The quantitative estimate of drug-likeness (QED) is 0.409. The van der Waals surface area contributed by atoms with Crippen molar-refractivity contribution in [2.75, 3.05) is 0 Å². The van der Waals surface area contributed by atoms with E-state index < -0.39 is 0 Å². The van der Waals surface area contributed by atoms with Crippen LogP contribution in [0.15, 0.2) is 18.7 Å². The van der Waals surface area contributed by atoms with Crippen LogP contribution in [0.25, 0.3) is 6.20 Å². The van der Waals surface area contributed by atoms with Crippen molar-refractivity contribution in [2.24, 2.45) is 0 Å². The van der Waals surface area contributed by atoms with Gasteiger partial charge in [-0.25, -0.2) is 9.67 Å². The van der Waals surface area contributed by atoms with Crippen LogP contribution in [0.5, 0.6) is 0 Å². The standard InChI is InChI=1S/C5H5N3O/c9-3-1-2-8-5-6-4-7-8/h1-5H/b2-1+. The van der Waals surface area contributed by atoms with Gasteiger partial charge in [-0.2, -0.15) is 5.10 Å². The van der Waals surface area contributed by atoms with Gasteiger partial charge in [-0.3, -0.25) is 4.79 Å². The molecule has 0 unspecified atom stereocenters. The lowest BCUT2D eigenvalue weighted by molar-refractivity contribution is -0.104. The molecule has 0 aliphatic rings. The van der Waals surface area contributed by atoms with Crippen molar-refractivity contribution in [3.05, 3.63) is 18.7 Å². The van der Waals surface area contributed by atoms with Crippen LogP contribution in [0.3, 0.4) is 0 Å². The Bertz CT molecular complexity index is 202. The van der Waals surface area contributed by atoms with Crippen LogP contribution < -0.4 is 0 Å². The van der Waals surface area contributed by atoms with Gasteiger partial charge in [0.1, 0.15) is 18.9 Å². The van der Waals surface area contributed by atoms with Gasteiger partial charge in [-0.1, -0.05) is 0 Å². The molecule has 0 bridgehead atoms. The minimum Gasteiger partial charge on any atom is -0.299 e.